The van der Waals surface area contributed by atoms with Crippen molar-refractivity contribution in [1.29, 1.82) is 0 Å². The normalized spacial score (nSPS) is 17.5. The second-order valence-electron chi connectivity index (χ2n) is 3.05. The van der Waals surface area contributed by atoms with Crippen LogP contribution in [0.3, 0.4) is 0 Å². The van der Waals surface area contributed by atoms with Gasteiger partial charge in [0, 0.05) is 6.54 Å². The molecule has 84 valence electrons. The minimum atomic E-state index is -4.56. The van der Waals surface area contributed by atoms with Crippen molar-refractivity contribution < 1.29 is 22.8 Å². The van der Waals surface area contributed by atoms with Gasteiger partial charge in [-0.25, -0.2) is 4.79 Å². The first-order chi connectivity index (χ1) is 6.85. The number of carbonyl (C=O) groups is 2. The Hall–Kier alpha value is -1.53. The second-order valence-corrected chi connectivity index (χ2v) is 3.05. The Morgan fingerprint density at radius 1 is 1.40 bits per heavy atom. The Balaban J connectivity index is 2.71. The molecule has 0 aromatic rings. The lowest BCUT2D eigenvalue weighted by Crippen LogP contribution is -2.39. The van der Waals surface area contributed by atoms with Gasteiger partial charge in [-0.15, -0.1) is 6.58 Å². The van der Waals surface area contributed by atoms with Crippen LogP contribution in [0.25, 0.3) is 0 Å². The molecule has 0 aromatic heterocycles. The average Bonchev–Trinajstić information content (AvgIpc) is 2.32. The third kappa shape index (κ3) is 2.71. The van der Waals surface area contributed by atoms with Gasteiger partial charge in [0.1, 0.15) is 13.1 Å². The molecule has 0 N–H and O–H groups in total. The first-order valence-electron chi connectivity index (χ1n) is 4.12. The molecule has 1 rings (SSSR count). The summed E-state index contributed by atoms with van der Waals surface area (Å²) < 4.78 is 35.9. The molecule has 0 unspecified atom stereocenters. The average molecular weight is 222 g/mol. The number of rotatable bonds is 3. The van der Waals surface area contributed by atoms with Crippen LogP contribution in [0, 0.1) is 0 Å². The minimum Gasteiger partial charge on any atom is -0.311 e. The van der Waals surface area contributed by atoms with E-state index in [9.17, 15) is 22.8 Å². The summed E-state index contributed by atoms with van der Waals surface area (Å²) in [4.78, 5) is 23.5. The first-order valence-corrected chi connectivity index (χ1v) is 4.12. The van der Waals surface area contributed by atoms with Crippen LogP contribution in [-0.2, 0) is 4.79 Å². The maximum atomic E-state index is 12.0. The van der Waals surface area contributed by atoms with Crippen LogP contribution in [0.5, 0.6) is 0 Å². The summed E-state index contributed by atoms with van der Waals surface area (Å²) in [5.74, 6) is -0.834. The SMILES string of the molecule is C=CCN1CC(=O)N(CC(F)(F)F)C1=O. The number of alkyl halides is 3. The van der Waals surface area contributed by atoms with E-state index in [0.717, 1.165) is 4.90 Å². The fraction of sp³-hybridized carbons (Fsp3) is 0.500. The van der Waals surface area contributed by atoms with E-state index in [1.54, 1.807) is 0 Å². The largest absolute Gasteiger partial charge is 0.406 e. The van der Waals surface area contributed by atoms with E-state index >= 15 is 0 Å². The molecule has 1 aliphatic heterocycles. The predicted molar refractivity (Wildman–Crippen MR) is 44.9 cm³/mol. The topological polar surface area (TPSA) is 40.6 Å². The molecule has 15 heavy (non-hydrogen) atoms. The maximum Gasteiger partial charge on any atom is 0.406 e. The summed E-state index contributed by atoms with van der Waals surface area (Å²) in [5.41, 5.74) is 0. The van der Waals surface area contributed by atoms with Crippen molar-refractivity contribution in [2.45, 2.75) is 6.18 Å². The van der Waals surface area contributed by atoms with Crippen molar-refractivity contribution in [2.75, 3.05) is 19.6 Å². The molecule has 1 fully saturated rings. The zero-order valence-electron chi connectivity index (χ0n) is 7.75. The Morgan fingerprint density at radius 2 is 2.00 bits per heavy atom. The molecule has 7 heteroatoms. The van der Waals surface area contributed by atoms with Gasteiger partial charge < -0.3 is 4.90 Å². The standard InChI is InChI=1S/C8H9F3N2O2/c1-2-3-12-4-6(14)13(7(12)15)5-8(9,10)11/h2H,1,3-5H2. The third-order valence-corrected chi connectivity index (χ3v) is 1.82. The van der Waals surface area contributed by atoms with Crippen LogP contribution in [0.15, 0.2) is 12.7 Å². The van der Waals surface area contributed by atoms with Gasteiger partial charge in [0.25, 0.3) is 5.91 Å². The molecular formula is C8H9F3N2O2. The molecule has 0 saturated carbocycles. The first kappa shape index (κ1) is 11.5. The van der Waals surface area contributed by atoms with Gasteiger partial charge >= 0.3 is 12.2 Å². The van der Waals surface area contributed by atoms with Crippen molar-refractivity contribution in [1.82, 2.24) is 9.80 Å². The van der Waals surface area contributed by atoms with E-state index in [-0.39, 0.29) is 18.0 Å². The molecule has 0 bridgehead atoms. The fourth-order valence-electron chi connectivity index (χ4n) is 1.23. The summed E-state index contributed by atoms with van der Waals surface area (Å²) >= 11 is 0. The van der Waals surface area contributed by atoms with Gasteiger partial charge in [-0.2, -0.15) is 13.2 Å². The number of hydrogen-bond donors (Lipinski definition) is 0. The highest BCUT2D eigenvalue weighted by Gasteiger charge is 2.42. The lowest BCUT2D eigenvalue weighted by Gasteiger charge is -2.16. The van der Waals surface area contributed by atoms with E-state index in [4.69, 9.17) is 0 Å². The summed E-state index contributed by atoms with van der Waals surface area (Å²) in [6.07, 6.45) is -3.21. The Morgan fingerprint density at radius 3 is 2.47 bits per heavy atom. The molecule has 0 spiro atoms. The zero-order chi connectivity index (χ0) is 11.6. The van der Waals surface area contributed by atoms with Crippen molar-refractivity contribution in [3.8, 4) is 0 Å². The van der Waals surface area contributed by atoms with E-state index in [1.807, 2.05) is 0 Å². The third-order valence-electron chi connectivity index (χ3n) is 1.82. The highest BCUT2D eigenvalue weighted by atomic mass is 19.4. The number of hydrogen-bond acceptors (Lipinski definition) is 2. The smallest absolute Gasteiger partial charge is 0.311 e. The van der Waals surface area contributed by atoms with Gasteiger partial charge in [0.15, 0.2) is 0 Å². The van der Waals surface area contributed by atoms with Crippen LogP contribution >= 0.6 is 0 Å². The number of halogens is 3. The quantitative estimate of drug-likeness (QED) is 0.528. The van der Waals surface area contributed by atoms with E-state index in [0.29, 0.717) is 0 Å². The molecule has 1 heterocycles. The van der Waals surface area contributed by atoms with Crippen LogP contribution < -0.4 is 0 Å². The zero-order valence-corrected chi connectivity index (χ0v) is 7.75. The summed E-state index contributed by atoms with van der Waals surface area (Å²) in [6, 6.07) is -0.919. The van der Waals surface area contributed by atoms with E-state index < -0.39 is 24.7 Å². The molecule has 0 aromatic carbocycles. The van der Waals surface area contributed by atoms with Crippen molar-refractivity contribution in [2.24, 2.45) is 0 Å². The molecular weight excluding hydrogens is 213 g/mol. The number of imide groups is 1. The summed E-state index contributed by atoms with van der Waals surface area (Å²) in [6.45, 7) is 1.56. The van der Waals surface area contributed by atoms with Gasteiger partial charge in [-0.05, 0) is 0 Å². The predicted octanol–water partition coefficient (Wildman–Crippen LogP) is 0.999. The van der Waals surface area contributed by atoms with Crippen molar-refractivity contribution in [3.05, 3.63) is 12.7 Å². The van der Waals surface area contributed by atoms with E-state index in [2.05, 4.69) is 6.58 Å². The van der Waals surface area contributed by atoms with Crippen LogP contribution in [-0.4, -0.2) is 47.5 Å². The molecule has 1 aliphatic rings. The minimum absolute atomic E-state index is 0.0684. The van der Waals surface area contributed by atoms with Crippen LogP contribution in [0.1, 0.15) is 0 Å². The van der Waals surface area contributed by atoms with Gasteiger partial charge in [0.2, 0.25) is 0 Å². The molecule has 0 radical (unpaired) electrons. The molecule has 0 aliphatic carbocycles. The van der Waals surface area contributed by atoms with Crippen molar-refractivity contribution in [3.63, 3.8) is 0 Å². The maximum absolute atomic E-state index is 12.0. The Labute approximate surface area is 83.9 Å². The van der Waals surface area contributed by atoms with Gasteiger partial charge in [-0.1, -0.05) is 6.08 Å². The monoisotopic (exact) mass is 222 g/mol. The lowest BCUT2D eigenvalue weighted by atomic mass is 10.5. The number of nitrogens with zero attached hydrogens (tertiary/aromatic N) is 2. The molecule has 4 nitrogen and oxygen atoms in total. The highest BCUT2D eigenvalue weighted by molar-refractivity contribution is 6.02. The van der Waals surface area contributed by atoms with E-state index in [1.165, 1.54) is 6.08 Å². The summed E-state index contributed by atoms with van der Waals surface area (Å²) in [5, 5.41) is 0. The molecule has 3 amide bonds. The Bertz CT molecular complexity index is 301. The summed E-state index contributed by atoms with van der Waals surface area (Å²) in [7, 11) is 0. The molecule has 0 atom stereocenters. The van der Waals surface area contributed by atoms with Gasteiger partial charge in [-0.3, -0.25) is 9.69 Å². The number of urea groups is 1. The highest BCUT2D eigenvalue weighted by Crippen LogP contribution is 2.20. The number of amides is 3. The lowest BCUT2D eigenvalue weighted by molar-refractivity contribution is -0.151. The fourth-order valence-corrected chi connectivity index (χ4v) is 1.23. The van der Waals surface area contributed by atoms with Gasteiger partial charge in [0.05, 0.1) is 0 Å². The Kier molecular flexibility index (Phi) is 3.01. The second kappa shape index (κ2) is 3.92. The van der Waals surface area contributed by atoms with Crippen LogP contribution in [0.4, 0.5) is 18.0 Å². The van der Waals surface area contributed by atoms with Crippen molar-refractivity contribution >= 4 is 11.9 Å². The molecule has 1 saturated heterocycles. The number of carbonyl (C=O) groups excluding carboxylic acids is 2. The van der Waals surface area contributed by atoms with Crippen LogP contribution in [0.2, 0.25) is 0 Å².